The van der Waals surface area contributed by atoms with Crippen molar-refractivity contribution in [2.45, 2.75) is 0 Å². The Morgan fingerprint density at radius 3 is 1.81 bits per heavy atom. The smallest absolute Gasteiger partial charge is 0.131 e. The Morgan fingerprint density at radius 1 is 0.423 bits per heavy atom. The lowest BCUT2D eigenvalue weighted by molar-refractivity contribution is 0.470. The Labute approximate surface area is 152 Å². The SMILES string of the molecule is Oc1ccccc1-c1cccc(-c2cccc(-c3ccccc3)c2)c1O. The molecular weight excluding hydrogens is 320 g/mol. The fraction of sp³-hybridized carbons (Fsp3) is 0. The highest BCUT2D eigenvalue weighted by Crippen LogP contribution is 2.41. The number of phenols is 2. The van der Waals surface area contributed by atoms with Gasteiger partial charge >= 0.3 is 0 Å². The molecule has 126 valence electrons. The van der Waals surface area contributed by atoms with E-state index in [0.29, 0.717) is 11.1 Å². The number of benzene rings is 4. The molecule has 0 aromatic heterocycles. The Hall–Kier alpha value is -3.52. The van der Waals surface area contributed by atoms with Gasteiger partial charge in [-0.05, 0) is 28.8 Å². The van der Waals surface area contributed by atoms with E-state index in [4.69, 9.17) is 0 Å². The van der Waals surface area contributed by atoms with E-state index in [-0.39, 0.29) is 11.5 Å². The van der Waals surface area contributed by atoms with Crippen LogP contribution in [0.2, 0.25) is 0 Å². The van der Waals surface area contributed by atoms with Gasteiger partial charge in [0.05, 0.1) is 0 Å². The summed E-state index contributed by atoms with van der Waals surface area (Å²) in [6, 6.07) is 30.9. The van der Waals surface area contributed by atoms with E-state index in [2.05, 4.69) is 24.3 Å². The second-order valence-electron chi connectivity index (χ2n) is 6.17. The molecule has 0 aliphatic carbocycles. The lowest BCUT2D eigenvalue weighted by Crippen LogP contribution is -1.86. The molecule has 0 atom stereocenters. The average molecular weight is 338 g/mol. The van der Waals surface area contributed by atoms with Crippen LogP contribution in [0.5, 0.6) is 11.5 Å². The van der Waals surface area contributed by atoms with Crippen LogP contribution in [0.25, 0.3) is 33.4 Å². The average Bonchev–Trinajstić information content (AvgIpc) is 2.70. The predicted octanol–water partition coefficient (Wildman–Crippen LogP) is 6.10. The third kappa shape index (κ3) is 2.93. The molecule has 0 bridgehead atoms. The van der Waals surface area contributed by atoms with Crippen LogP contribution < -0.4 is 0 Å². The third-order valence-electron chi connectivity index (χ3n) is 4.51. The van der Waals surface area contributed by atoms with Crippen molar-refractivity contribution in [3.05, 3.63) is 97.1 Å². The van der Waals surface area contributed by atoms with Gasteiger partial charge in [-0.25, -0.2) is 0 Å². The fourth-order valence-electron chi connectivity index (χ4n) is 3.19. The molecule has 0 unspecified atom stereocenters. The van der Waals surface area contributed by atoms with Gasteiger partial charge < -0.3 is 10.2 Å². The van der Waals surface area contributed by atoms with Gasteiger partial charge in [-0.3, -0.25) is 0 Å². The molecule has 0 fully saturated rings. The van der Waals surface area contributed by atoms with Crippen molar-refractivity contribution in [1.82, 2.24) is 0 Å². The number of hydrogen-bond donors (Lipinski definition) is 2. The molecule has 2 N–H and O–H groups in total. The molecule has 0 spiro atoms. The summed E-state index contributed by atoms with van der Waals surface area (Å²) in [6.07, 6.45) is 0. The molecule has 26 heavy (non-hydrogen) atoms. The first-order valence-electron chi connectivity index (χ1n) is 8.50. The van der Waals surface area contributed by atoms with E-state index in [0.717, 1.165) is 22.3 Å². The van der Waals surface area contributed by atoms with Gasteiger partial charge in [0, 0.05) is 16.7 Å². The lowest BCUT2D eigenvalue weighted by atomic mass is 9.95. The zero-order valence-corrected chi connectivity index (χ0v) is 14.1. The van der Waals surface area contributed by atoms with E-state index in [1.54, 1.807) is 18.2 Å². The molecule has 0 aliphatic heterocycles. The molecule has 0 saturated carbocycles. The van der Waals surface area contributed by atoms with Crippen LogP contribution in [-0.2, 0) is 0 Å². The van der Waals surface area contributed by atoms with Crippen molar-refractivity contribution in [2.75, 3.05) is 0 Å². The summed E-state index contributed by atoms with van der Waals surface area (Å²) >= 11 is 0. The van der Waals surface area contributed by atoms with Crippen LogP contribution in [0.1, 0.15) is 0 Å². The van der Waals surface area contributed by atoms with E-state index in [1.807, 2.05) is 54.6 Å². The largest absolute Gasteiger partial charge is 0.507 e. The molecule has 4 rings (SSSR count). The zero-order chi connectivity index (χ0) is 17.9. The van der Waals surface area contributed by atoms with Crippen LogP contribution >= 0.6 is 0 Å². The summed E-state index contributed by atoms with van der Waals surface area (Å²) in [5.41, 5.74) is 5.13. The summed E-state index contributed by atoms with van der Waals surface area (Å²) in [4.78, 5) is 0. The molecule has 0 radical (unpaired) electrons. The van der Waals surface area contributed by atoms with Gasteiger partial charge in [0.1, 0.15) is 11.5 Å². The second kappa shape index (κ2) is 6.77. The van der Waals surface area contributed by atoms with E-state index >= 15 is 0 Å². The highest BCUT2D eigenvalue weighted by Gasteiger charge is 2.13. The van der Waals surface area contributed by atoms with E-state index < -0.39 is 0 Å². The summed E-state index contributed by atoms with van der Waals surface area (Å²) in [5.74, 6) is 0.317. The minimum atomic E-state index is 0.151. The second-order valence-corrected chi connectivity index (χ2v) is 6.17. The maximum Gasteiger partial charge on any atom is 0.131 e. The monoisotopic (exact) mass is 338 g/mol. The van der Waals surface area contributed by atoms with E-state index in [9.17, 15) is 10.2 Å². The Kier molecular flexibility index (Phi) is 4.16. The Bertz CT molecular complexity index is 1050. The lowest BCUT2D eigenvalue weighted by Gasteiger charge is -2.12. The number of rotatable bonds is 3. The van der Waals surface area contributed by atoms with Crippen molar-refractivity contribution in [2.24, 2.45) is 0 Å². The molecule has 4 aromatic carbocycles. The summed E-state index contributed by atoms with van der Waals surface area (Å²) < 4.78 is 0. The maximum atomic E-state index is 10.9. The van der Waals surface area contributed by atoms with E-state index in [1.165, 1.54) is 0 Å². The number of para-hydroxylation sites is 2. The highest BCUT2D eigenvalue weighted by atomic mass is 16.3. The molecule has 0 saturated heterocycles. The van der Waals surface area contributed by atoms with Crippen molar-refractivity contribution in [3.8, 4) is 44.9 Å². The molecule has 0 amide bonds. The Balaban J connectivity index is 1.83. The fourth-order valence-corrected chi connectivity index (χ4v) is 3.19. The first-order chi connectivity index (χ1) is 12.7. The molecule has 0 heterocycles. The molecular formula is C24H18O2. The van der Waals surface area contributed by atoms with Crippen molar-refractivity contribution >= 4 is 0 Å². The zero-order valence-electron chi connectivity index (χ0n) is 14.1. The number of phenolic OH excluding ortho intramolecular Hbond substituents is 2. The third-order valence-corrected chi connectivity index (χ3v) is 4.51. The molecule has 0 aliphatic rings. The minimum absolute atomic E-state index is 0.151. The van der Waals surface area contributed by atoms with Gasteiger partial charge in [0.2, 0.25) is 0 Å². The van der Waals surface area contributed by atoms with Gasteiger partial charge in [0.15, 0.2) is 0 Å². The normalized spacial score (nSPS) is 10.6. The number of hydrogen-bond acceptors (Lipinski definition) is 2. The maximum absolute atomic E-state index is 10.9. The van der Waals surface area contributed by atoms with Crippen LogP contribution in [-0.4, -0.2) is 10.2 Å². The quantitative estimate of drug-likeness (QED) is 0.474. The first-order valence-corrected chi connectivity index (χ1v) is 8.50. The minimum Gasteiger partial charge on any atom is -0.507 e. The van der Waals surface area contributed by atoms with Crippen LogP contribution in [0.15, 0.2) is 97.1 Å². The first kappa shape index (κ1) is 16.0. The summed E-state index contributed by atoms with van der Waals surface area (Å²) in [6.45, 7) is 0. The number of aromatic hydroxyl groups is 2. The van der Waals surface area contributed by atoms with Crippen LogP contribution in [0.3, 0.4) is 0 Å². The summed E-state index contributed by atoms with van der Waals surface area (Å²) in [7, 11) is 0. The van der Waals surface area contributed by atoms with Gasteiger partial charge in [-0.1, -0.05) is 84.9 Å². The molecule has 4 aromatic rings. The van der Waals surface area contributed by atoms with Gasteiger partial charge in [-0.2, -0.15) is 0 Å². The van der Waals surface area contributed by atoms with Gasteiger partial charge in [0.25, 0.3) is 0 Å². The summed E-state index contributed by atoms with van der Waals surface area (Å²) in [5, 5.41) is 21.0. The predicted molar refractivity (Wildman–Crippen MR) is 106 cm³/mol. The van der Waals surface area contributed by atoms with Gasteiger partial charge in [-0.15, -0.1) is 0 Å². The van der Waals surface area contributed by atoms with Crippen LogP contribution in [0.4, 0.5) is 0 Å². The topological polar surface area (TPSA) is 40.5 Å². The standard InChI is InChI=1S/C24H18O2/c25-23-15-5-4-12-21(23)22-14-7-13-20(24(22)26)19-11-6-10-18(16-19)17-8-2-1-3-9-17/h1-16,25-26H. The van der Waals surface area contributed by atoms with Crippen molar-refractivity contribution < 1.29 is 10.2 Å². The van der Waals surface area contributed by atoms with Crippen LogP contribution in [0, 0.1) is 0 Å². The molecule has 2 heteroatoms. The van der Waals surface area contributed by atoms with Crippen molar-refractivity contribution in [3.63, 3.8) is 0 Å². The molecule has 2 nitrogen and oxygen atoms in total. The Morgan fingerprint density at radius 2 is 1.00 bits per heavy atom. The highest BCUT2D eigenvalue weighted by molar-refractivity contribution is 5.85. The van der Waals surface area contributed by atoms with Crippen molar-refractivity contribution in [1.29, 1.82) is 0 Å².